The fourth-order valence-electron chi connectivity index (χ4n) is 2.21. The highest BCUT2D eigenvalue weighted by atomic mass is 35.5. The summed E-state index contributed by atoms with van der Waals surface area (Å²) in [5, 5.41) is 11.9. The molecule has 0 saturated heterocycles. The van der Waals surface area contributed by atoms with Crippen molar-refractivity contribution in [1.29, 1.82) is 0 Å². The Hall–Kier alpha value is -2.67. The van der Waals surface area contributed by atoms with Gasteiger partial charge in [-0.2, -0.15) is 0 Å². The Balaban J connectivity index is 2.37. The first kappa shape index (κ1) is 17.7. The number of aliphatic carboxylic acids is 1. The summed E-state index contributed by atoms with van der Waals surface area (Å²) in [5.41, 5.74) is 1.04. The zero-order chi connectivity index (χ0) is 17.9. The van der Waals surface area contributed by atoms with E-state index in [0.29, 0.717) is 27.8 Å². The average molecular weight is 354 g/mol. The maximum Gasteiger partial charge on any atom is 0.311 e. The van der Waals surface area contributed by atoms with Crippen molar-refractivity contribution in [3.8, 4) is 11.5 Å². The Morgan fingerprint density at radius 1 is 1.25 bits per heavy atom. The van der Waals surface area contributed by atoms with Crippen LogP contribution >= 0.6 is 11.6 Å². The third kappa shape index (κ3) is 3.62. The number of anilines is 1. The number of carbonyl (C=O) groups is 2. The number of nitrogens with one attached hydrogen (secondary N) is 1. The average Bonchev–Trinajstić information content (AvgIpc) is 2.88. The summed E-state index contributed by atoms with van der Waals surface area (Å²) in [6.45, 7) is 1.66. The molecule has 2 aromatic rings. The van der Waals surface area contributed by atoms with E-state index in [1.165, 1.54) is 32.6 Å². The number of benzene rings is 1. The summed E-state index contributed by atoms with van der Waals surface area (Å²) in [6.07, 6.45) is 0.949. The highest BCUT2D eigenvalue weighted by molar-refractivity contribution is 6.32. The number of hydrogen-bond donors (Lipinski definition) is 2. The predicted octanol–water partition coefficient (Wildman–Crippen LogP) is 3.14. The van der Waals surface area contributed by atoms with Crippen molar-refractivity contribution in [2.75, 3.05) is 19.5 Å². The molecule has 8 heteroatoms. The number of carboxylic acid groups (broad SMARTS) is 1. The number of methoxy groups -OCH3 is 2. The Kier molecular flexibility index (Phi) is 5.35. The number of halogens is 1. The third-order valence-corrected chi connectivity index (χ3v) is 3.61. The lowest BCUT2D eigenvalue weighted by atomic mass is 10.1. The lowest BCUT2D eigenvalue weighted by Gasteiger charge is -2.13. The van der Waals surface area contributed by atoms with Crippen molar-refractivity contribution in [2.45, 2.75) is 13.3 Å². The summed E-state index contributed by atoms with van der Waals surface area (Å²) in [4.78, 5) is 23.4. The second-order valence-electron chi connectivity index (χ2n) is 4.93. The van der Waals surface area contributed by atoms with Gasteiger partial charge in [0.15, 0.2) is 0 Å². The molecule has 1 amide bonds. The quantitative estimate of drug-likeness (QED) is 0.827. The topological polar surface area (TPSA) is 98.0 Å². The first-order chi connectivity index (χ1) is 11.4. The minimum absolute atomic E-state index is 0.0809. The largest absolute Gasteiger partial charge is 0.495 e. The summed E-state index contributed by atoms with van der Waals surface area (Å²) in [7, 11) is 2.89. The number of hydrogen-bond acceptors (Lipinski definition) is 5. The number of amides is 1. The van der Waals surface area contributed by atoms with Gasteiger partial charge in [-0.3, -0.25) is 9.59 Å². The van der Waals surface area contributed by atoms with E-state index in [-0.39, 0.29) is 11.3 Å². The number of carboxylic acids is 1. The number of furan rings is 1. The van der Waals surface area contributed by atoms with Crippen LogP contribution in [0.2, 0.25) is 5.02 Å². The van der Waals surface area contributed by atoms with Crippen LogP contribution in [0.1, 0.15) is 21.7 Å². The Morgan fingerprint density at radius 2 is 1.92 bits per heavy atom. The van der Waals surface area contributed by atoms with E-state index in [4.69, 9.17) is 30.6 Å². The number of ether oxygens (including phenoxy) is 2. The van der Waals surface area contributed by atoms with Crippen molar-refractivity contribution in [3.05, 3.63) is 40.3 Å². The molecule has 0 aliphatic rings. The van der Waals surface area contributed by atoms with Crippen molar-refractivity contribution in [1.82, 2.24) is 0 Å². The molecule has 0 atom stereocenters. The third-order valence-electron chi connectivity index (χ3n) is 3.31. The van der Waals surface area contributed by atoms with Gasteiger partial charge in [-0.05, 0) is 6.92 Å². The predicted molar refractivity (Wildman–Crippen MR) is 87.3 cm³/mol. The zero-order valence-electron chi connectivity index (χ0n) is 13.3. The van der Waals surface area contributed by atoms with Gasteiger partial charge in [0.2, 0.25) is 0 Å². The van der Waals surface area contributed by atoms with Gasteiger partial charge in [-0.1, -0.05) is 11.6 Å². The van der Waals surface area contributed by atoms with Crippen LogP contribution in [0.3, 0.4) is 0 Å². The van der Waals surface area contributed by atoms with E-state index in [0.717, 1.165) is 0 Å². The van der Waals surface area contributed by atoms with Gasteiger partial charge < -0.3 is 24.3 Å². The van der Waals surface area contributed by atoms with E-state index in [2.05, 4.69) is 5.32 Å². The van der Waals surface area contributed by atoms with E-state index < -0.39 is 18.3 Å². The molecule has 128 valence electrons. The molecule has 7 nitrogen and oxygen atoms in total. The Labute approximate surface area is 143 Å². The molecule has 2 N–H and O–H groups in total. The van der Waals surface area contributed by atoms with Crippen LogP contribution in [0.4, 0.5) is 5.69 Å². The molecule has 0 bridgehead atoms. The van der Waals surface area contributed by atoms with Crippen LogP contribution in [0.5, 0.6) is 11.5 Å². The zero-order valence-corrected chi connectivity index (χ0v) is 14.1. The summed E-state index contributed by atoms with van der Waals surface area (Å²) >= 11 is 6.03. The van der Waals surface area contributed by atoms with Crippen LogP contribution in [-0.2, 0) is 11.2 Å². The Morgan fingerprint density at radius 3 is 2.50 bits per heavy atom. The van der Waals surface area contributed by atoms with Gasteiger partial charge in [0.05, 0.1) is 36.8 Å². The molecule has 0 spiro atoms. The van der Waals surface area contributed by atoms with Crippen LogP contribution in [0, 0.1) is 6.92 Å². The molecule has 0 radical (unpaired) electrons. The summed E-state index contributed by atoms with van der Waals surface area (Å²) in [5.74, 6) is -0.820. The van der Waals surface area contributed by atoms with Gasteiger partial charge in [0, 0.05) is 17.7 Å². The molecule has 2 rings (SSSR count). The lowest BCUT2D eigenvalue weighted by Crippen LogP contribution is -2.16. The van der Waals surface area contributed by atoms with Crippen molar-refractivity contribution in [3.63, 3.8) is 0 Å². The van der Waals surface area contributed by atoms with Crippen LogP contribution in [0.25, 0.3) is 0 Å². The summed E-state index contributed by atoms with van der Waals surface area (Å²) < 4.78 is 15.5. The van der Waals surface area contributed by atoms with E-state index in [9.17, 15) is 9.59 Å². The second-order valence-corrected chi connectivity index (χ2v) is 5.34. The normalized spacial score (nSPS) is 10.3. The van der Waals surface area contributed by atoms with E-state index >= 15 is 0 Å². The molecule has 0 aliphatic heterocycles. The molecule has 0 aliphatic carbocycles. The Bertz CT molecular complexity index is 783. The van der Waals surface area contributed by atoms with Crippen LogP contribution < -0.4 is 14.8 Å². The molecule has 24 heavy (non-hydrogen) atoms. The molecular formula is C16H16ClNO6. The molecule has 1 heterocycles. The smallest absolute Gasteiger partial charge is 0.311 e. The first-order valence-corrected chi connectivity index (χ1v) is 7.26. The molecule has 1 aromatic carbocycles. The molecule has 0 saturated carbocycles. The minimum Gasteiger partial charge on any atom is -0.495 e. The highest BCUT2D eigenvalue weighted by Gasteiger charge is 2.22. The fraction of sp³-hybridized carbons (Fsp3) is 0.250. The van der Waals surface area contributed by atoms with Gasteiger partial charge in [-0.25, -0.2) is 0 Å². The maximum absolute atomic E-state index is 12.6. The fourth-order valence-corrected chi connectivity index (χ4v) is 2.44. The molecule has 1 aromatic heterocycles. The van der Waals surface area contributed by atoms with Gasteiger partial charge in [-0.15, -0.1) is 0 Å². The highest BCUT2D eigenvalue weighted by Crippen LogP contribution is 2.36. The number of rotatable bonds is 6. The second kappa shape index (κ2) is 7.27. The standard InChI is InChI=1S/C16H16ClNO6/c1-8-7-24-13(6-14(19)20)15(8)16(21)18-10-5-11(22-2)9(17)4-12(10)23-3/h4-5,7H,6H2,1-3H3,(H,18,21)(H,19,20). The summed E-state index contributed by atoms with van der Waals surface area (Å²) in [6, 6.07) is 3.03. The van der Waals surface area contributed by atoms with Crippen molar-refractivity contribution < 1.29 is 28.6 Å². The SMILES string of the molecule is COc1cc(NC(=O)c2c(C)coc2CC(=O)O)c(OC)cc1Cl. The van der Waals surface area contributed by atoms with E-state index in [1.807, 2.05) is 0 Å². The van der Waals surface area contributed by atoms with Crippen molar-refractivity contribution in [2.24, 2.45) is 0 Å². The van der Waals surface area contributed by atoms with Gasteiger partial charge >= 0.3 is 5.97 Å². The number of aryl methyl sites for hydroxylation is 1. The number of carbonyl (C=O) groups excluding carboxylic acids is 1. The van der Waals surface area contributed by atoms with Crippen LogP contribution in [-0.4, -0.2) is 31.2 Å². The molecular weight excluding hydrogens is 338 g/mol. The minimum atomic E-state index is -1.09. The van der Waals surface area contributed by atoms with Crippen LogP contribution in [0.15, 0.2) is 22.8 Å². The lowest BCUT2D eigenvalue weighted by molar-refractivity contribution is -0.136. The first-order valence-electron chi connectivity index (χ1n) is 6.89. The maximum atomic E-state index is 12.6. The van der Waals surface area contributed by atoms with Gasteiger partial charge in [0.25, 0.3) is 5.91 Å². The van der Waals surface area contributed by atoms with E-state index in [1.54, 1.807) is 6.92 Å². The molecule has 0 fully saturated rings. The monoisotopic (exact) mass is 353 g/mol. The molecule has 0 unspecified atom stereocenters. The van der Waals surface area contributed by atoms with Crippen molar-refractivity contribution >= 4 is 29.2 Å². The van der Waals surface area contributed by atoms with Gasteiger partial charge in [0.1, 0.15) is 23.7 Å².